The smallest absolute Gasteiger partial charge is 0.123 e. The number of nitrogens with one attached hydrogen (secondary N) is 1. The van der Waals surface area contributed by atoms with Crippen LogP contribution in [0.2, 0.25) is 0 Å². The van der Waals surface area contributed by atoms with E-state index in [1.54, 1.807) is 6.07 Å². The summed E-state index contributed by atoms with van der Waals surface area (Å²) in [6.45, 7) is 6.55. The van der Waals surface area contributed by atoms with Gasteiger partial charge in [0.1, 0.15) is 18.2 Å². The highest BCUT2D eigenvalue weighted by molar-refractivity contribution is 5.32. The molecule has 0 amide bonds. The van der Waals surface area contributed by atoms with Crippen LogP contribution in [0.5, 0.6) is 5.75 Å². The molecule has 0 bridgehead atoms. The lowest BCUT2D eigenvalue weighted by Gasteiger charge is -2.09. The molecule has 0 unspecified atom stereocenters. The molecule has 0 aliphatic rings. The van der Waals surface area contributed by atoms with Crippen LogP contribution in [0.15, 0.2) is 18.2 Å². The molecule has 0 saturated heterocycles. The van der Waals surface area contributed by atoms with Gasteiger partial charge < -0.3 is 10.1 Å². The summed E-state index contributed by atoms with van der Waals surface area (Å²) in [5.74, 6) is 0.550. The van der Waals surface area contributed by atoms with Gasteiger partial charge in [0.25, 0.3) is 0 Å². The van der Waals surface area contributed by atoms with Gasteiger partial charge in [0, 0.05) is 6.54 Å². The summed E-state index contributed by atoms with van der Waals surface area (Å²) in [5, 5.41) is 3.32. The number of unbranched alkanes of at least 4 members (excludes halogenated alkanes) is 2. The standard InChI is InChI=1S/C14H22FNO/c1-3-4-5-8-16-9-10-17-14-7-6-13(15)11-12(14)2/h6-7,11,16H,3-5,8-10H2,1-2H3. The van der Waals surface area contributed by atoms with Gasteiger partial charge >= 0.3 is 0 Å². The van der Waals surface area contributed by atoms with Crippen molar-refractivity contribution in [2.45, 2.75) is 33.1 Å². The molecule has 17 heavy (non-hydrogen) atoms. The van der Waals surface area contributed by atoms with E-state index in [1.165, 1.54) is 31.4 Å². The number of halogens is 1. The summed E-state index contributed by atoms with van der Waals surface area (Å²) in [6, 6.07) is 4.60. The molecule has 0 atom stereocenters. The Morgan fingerprint density at radius 2 is 2.06 bits per heavy atom. The van der Waals surface area contributed by atoms with E-state index in [-0.39, 0.29) is 5.82 Å². The van der Waals surface area contributed by atoms with Crippen LogP contribution in [0.1, 0.15) is 31.7 Å². The zero-order chi connectivity index (χ0) is 12.5. The van der Waals surface area contributed by atoms with Crippen LogP contribution in [0.4, 0.5) is 4.39 Å². The zero-order valence-corrected chi connectivity index (χ0v) is 10.8. The second-order valence-electron chi connectivity index (χ2n) is 4.22. The fraction of sp³-hybridized carbons (Fsp3) is 0.571. The average molecular weight is 239 g/mol. The van der Waals surface area contributed by atoms with Gasteiger partial charge in [-0.25, -0.2) is 4.39 Å². The van der Waals surface area contributed by atoms with Crippen molar-refractivity contribution in [3.8, 4) is 5.75 Å². The van der Waals surface area contributed by atoms with Crippen molar-refractivity contribution in [3.05, 3.63) is 29.6 Å². The molecule has 1 N–H and O–H groups in total. The van der Waals surface area contributed by atoms with E-state index in [0.717, 1.165) is 24.4 Å². The fourth-order valence-electron chi connectivity index (χ4n) is 1.63. The second-order valence-corrected chi connectivity index (χ2v) is 4.22. The fourth-order valence-corrected chi connectivity index (χ4v) is 1.63. The minimum absolute atomic E-state index is 0.215. The van der Waals surface area contributed by atoms with Gasteiger partial charge in [-0.1, -0.05) is 19.8 Å². The van der Waals surface area contributed by atoms with Crippen LogP contribution in [-0.4, -0.2) is 19.7 Å². The van der Waals surface area contributed by atoms with Crippen LogP contribution in [0, 0.1) is 12.7 Å². The quantitative estimate of drug-likeness (QED) is 0.703. The number of hydrogen-bond acceptors (Lipinski definition) is 2. The van der Waals surface area contributed by atoms with Crippen molar-refractivity contribution in [1.82, 2.24) is 5.32 Å². The molecule has 0 aliphatic carbocycles. The first-order valence-electron chi connectivity index (χ1n) is 6.33. The minimum Gasteiger partial charge on any atom is -0.492 e. The van der Waals surface area contributed by atoms with E-state index in [1.807, 2.05) is 6.92 Å². The SMILES string of the molecule is CCCCCNCCOc1ccc(F)cc1C. The van der Waals surface area contributed by atoms with Gasteiger partial charge in [-0.05, 0) is 43.7 Å². The molecule has 3 heteroatoms. The van der Waals surface area contributed by atoms with Crippen molar-refractivity contribution < 1.29 is 9.13 Å². The maximum Gasteiger partial charge on any atom is 0.123 e. The van der Waals surface area contributed by atoms with Crippen LogP contribution in [0.3, 0.4) is 0 Å². The third-order valence-corrected chi connectivity index (χ3v) is 2.63. The summed E-state index contributed by atoms with van der Waals surface area (Å²) in [4.78, 5) is 0. The summed E-state index contributed by atoms with van der Waals surface area (Å²) < 4.78 is 18.4. The van der Waals surface area contributed by atoms with E-state index in [2.05, 4.69) is 12.2 Å². The lowest BCUT2D eigenvalue weighted by atomic mass is 10.2. The zero-order valence-electron chi connectivity index (χ0n) is 10.8. The predicted octanol–water partition coefficient (Wildman–Crippen LogP) is 3.29. The summed E-state index contributed by atoms with van der Waals surface area (Å²) in [6.07, 6.45) is 3.73. The lowest BCUT2D eigenvalue weighted by Crippen LogP contribution is -2.22. The number of aryl methyl sites for hydroxylation is 1. The third kappa shape index (κ3) is 5.68. The van der Waals surface area contributed by atoms with Crippen LogP contribution < -0.4 is 10.1 Å². The highest BCUT2D eigenvalue weighted by Gasteiger charge is 2.00. The molecule has 1 aromatic rings. The number of benzene rings is 1. The van der Waals surface area contributed by atoms with Crippen molar-refractivity contribution in [3.63, 3.8) is 0 Å². The molecular weight excluding hydrogens is 217 g/mol. The molecule has 0 fully saturated rings. The number of hydrogen-bond donors (Lipinski definition) is 1. The molecular formula is C14H22FNO. The molecule has 1 aromatic carbocycles. The Morgan fingerprint density at radius 3 is 2.76 bits per heavy atom. The minimum atomic E-state index is -0.215. The summed E-state index contributed by atoms with van der Waals surface area (Å²) in [7, 11) is 0. The molecule has 1 rings (SSSR count). The molecule has 0 aliphatic heterocycles. The van der Waals surface area contributed by atoms with Gasteiger partial charge in [0.15, 0.2) is 0 Å². The topological polar surface area (TPSA) is 21.3 Å². The Bertz CT molecular complexity index is 328. The molecule has 0 heterocycles. The average Bonchev–Trinajstić information content (AvgIpc) is 2.30. The van der Waals surface area contributed by atoms with Gasteiger partial charge in [-0.3, -0.25) is 0 Å². The van der Waals surface area contributed by atoms with Crippen molar-refractivity contribution >= 4 is 0 Å². The molecule has 0 radical (unpaired) electrons. The Hall–Kier alpha value is -1.09. The molecule has 96 valence electrons. The Labute approximate surface area is 103 Å². The van der Waals surface area contributed by atoms with E-state index in [9.17, 15) is 4.39 Å². The first kappa shape index (κ1) is 14.0. The monoisotopic (exact) mass is 239 g/mol. The van der Waals surface area contributed by atoms with E-state index < -0.39 is 0 Å². The van der Waals surface area contributed by atoms with E-state index in [4.69, 9.17) is 4.74 Å². The molecule has 0 spiro atoms. The molecule has 0 aromatic heterocycles. The number of ether oxygens (including phenoxy) is 1. The Balaban J connectivity index is 2.14. The van der Waals surface area contributed by atoms with Crippen LogP contribution in [0.25, 0.3) is 0 Å². The van der Waals surface area contributed by atoms with Crippen molar-refractivity contribution in [1.29, 1.82) is 0 Å². The van der Waals surface area contributed by atoms with Crippen molar-refractivity contribution in [2.75, 3.05) is 19.7 Å². The number of rotatable bonds is 8. The van der Waals surface area contributed by atoms with Gasteiger partial charge in [-0.2, -0.15) is 0 Å². The first-order valence-corrected chi connectivity index (χ1v) is 6.33. The van der Waals surface area contributed by atoms with Gasteiger partial charge in [0.05, 0.1) is 0 Å². The Kier molecular flexibility index (Phi) is 6.63. The van der Waals surface area contributed by atoms with Crippen LogP contribution in [-0.2, 0) is 0 Å². The van der Waals surface area contributed by atoms with E-state index in [0.29, 0.717) is 6.61 Å². The maximum absolute atomic E-state index is 12.8. The summed E-state index contributed by atoms with van der Waals surface area (Å²) >= 11 is 0. The largest absolute Gasteiger partial charge is 0.492 e. The highest BCUT2D eigenvalue weighted by Crippen LogP contribution is 2.17. The lowest BCUT2D eigenvalue weighted by molar-refractivity contribution is 0.311. The second kappa shape index (κ2) is 8.07. The van der Waals surface area contributed by atoms with Crippen molar-refractivity contribution in [2.24, 2.45) is 0 Å². The summed E-state index contributed by atoms with van der Waals surface area (Å²) in [5.41, 5.74) is 0.844. The first-order chi connectivity index (χ1) is 8.24. The van der Waals surface area contributed by atoms with E-state index >= 15 is 0 Å². The molecule has 2 nitrogen and oxygen atoms in total. The molecule has 0 saturated carbocycles. The maximum atomic E-state index is 12.8. The van der Waals surface area contributed by atoms with Gasteiger partial charge in [0.2, 0.25) is 0 Å². The predicted molar refractivity (Wildman–Crippen MR) is 69.0 cm³/mol. The van der Waals surface area contributed by atoms with Gasteiger partial charge in [-0.15, -0.1) is 0 Å². The van der Waals surface area contributed by atoms with Crippen LogP contribution >= 0.6 is 0 Å². The Morgan fingerprint density at radius 1 is 1.24 bits per heavy atom. The highest BCUT2D eigenvalue weighted by atomic mass is 19.1. The third-order valence-electron chi connectivity index (χ3n) is 2.63. The normalized spacial score (nSPS) is 10.5.